The summed E-state index contributed by atoms with van der Waals surface area (Å²) in [4.78, 5) is 0. The molecule has 3 heteroatoms. The van der Waals surface area contributed by atoms with Crippen molar-refractivity contribution in [1.29, 1.82) is 0 Å². The first kappa shape index (κ1) is 15.0. The van der Waals surface area contributed by atoms with Crippen LogP contribution in [0.4, 0.5) is 0 Å². The Bertz CT molecular complexity index is 530. The molecule has 2 nitrogen and oxygen atoms in total. The third-order valence-electron chi connectivity index (χ3n) is 3.40. The zero-order chi connectivity index (χ0) is 14.4. The molecule has 2 aromatic carbocycles. The summed E-state index contributed by atoms with van der Waals surface area (Å²) in [6, 6.07) is 18.1. The Morgan fingerprint density at radius 3 is 2.35 bits per heavy atom. The molecule has 0 heterocycles. The molecule has 0 saturated heterocycles. The van der Waals surface area contributed by atoms with Crippen molar-refractivity contribution in [3.63, 3.8) is 0 Å². The van der Waals surface area contributed by atoms with Crippen LogP contribution in [-0.2, 0) is 6.42 Å². The minimum absolute atomic E-state index is 0.0173. The van der Waals surface area contributed by atoms with E-state index in [0.717, 1.165) is 17.0 Å². The van der Waals surface area contributed by atoms with Crippen molar-refractivity contribution >= 4 is 11.6 Å². The van der Waals surface area contributed by atoms with Gasteiger partial charge in [0.25, 0.3) is 0 Å². The van der Waals surface area contributed by atoms with Crippen LogP contribution in [0.15, 0.2) is 54.6 Å². The molecule has 2 N–H and O–H groups in total. The molecule has 0 aromatic heterocycles. The molecule has 0 aliphatic carbocycles. The topological polar surface area (TPSA) is 32.3 Å². The average Bonchev–Trinajstić information content (AvgIpc) is 2.48. The maximum Gasteiger partial charge on any atom is 0.0588 e. The molecule has 20 heavy (non-hydrogen) atoms. The van der Waals surface area contributed by atoms with E-state index in [1.54, 1.807) is 0 Å². The summed E-state index contributed by atoms with van der Waals surface area (Å²) in [5.74, 6) is 0. The monoisotopic (exact) mass is 289 g/mol. The summed E-state index contributed by atoms with van der Waals surface area (Å²) >= 11 is 6.20. The molecule has 0 fully saturated rings. The van der Waals surface area contributed by atoms with Crippen LogP contribution in [0.3, 0.4) is 0 Å². The fourth-order valence-corrected chi connectivity index (χ4v) is 2.64. The van der Waals surface area contributed by atoms with E-state index < -0.39 is 0 Å². The van der Waals surface area contributed by atoms with Gasteiger partial charge in [0.05, 0.1) is 6.61 Å². The second-order valence-electron chi connectivity index (χ2n) is 4.98. The van der Waals surface area contributed by atoms with Gasteiger partial charge in [-0.3, -0.25) is 0 Å². The average molecular weight is 290 g/mol. The van der Waals surface area contributed by atoms with Crippen molar-refractivity contribution in [1.82, 2.24) is 5.32 Å². The van der Waals surface area contributed by atoms with Gasteiger partial charge < -0.3 is 10.4 Å². The van der Waals surface area contributed by atoms with Crippen molar-refractivity contribution in [3.8, 4) is 0 Å². The fraction of sp³-hybridized carbons (Fsp3) is 0.294. The molecule has 0 bridgehead atoms. The Balaban J connectivity index is 2.01. The van der Waals surface area contributed by atoms with E-state index in [1.165, 1.54) is 5.56 Å². The lowest BCUT2D eigenvalue weighted by Gasteiger charge is -2.23. The summed E-state index contributed by atoms with van der Waals surface area (Å²) in [5, 5.41) is 13.7. The number of aliphatic hydroxyl groups excluding tert-OH is 1. The third kappa shape index (κ3) is 4.07. The van der Waals surface area contributed by atoms with Gasteiger partial charge >= 0.3 is 0 Å². The van der Waals surface area contributed by atoms with Crippen LogP contribution in [0.2, 0.25) is 5.02 Å². The summed E-state index contributed by atoms with van der Waals surface area (Å²) < 4.78 is 0. The van der Waals surface area contributed by atoms with Crippen LogP contribution in [-0.4, -0.2) is 17.8 Å². The van der Waals surface area contributed by atoms with Gasteiger partial charge in [0.15, 0.2) is 0 Å². The molecule has 0 saturated carbocycles. The van der Waals surface area contributed by atoms with Crippen LogP contribution < -0.4 is 5.32 Å². The first-order valence-corrected chi connectivity index (χ1v) is 7.23. The van der Waals surface area contributed by atoms with Crippen LogP contribution in [0.5, 0.6) is 0 Å². The third-order valence-corrected chi connectivity index (χ3v) is 3.75. The van der Waals surface area contributed by atoms with Gasteiger partial charge in [-0.15, -0.1) is 0 Å². The van der Waals surface area contributed by atoms with Crippen LogP contribution >= 0.6 is 11.6 Å². The Morgan fingerprint density at radius 1 is 1.05 bits per heavy atom. The van der Waals surface area contributed by atoms with Crippen molar-refractivity contribution in [2.75, 3.05) is 6.61 Å². The number of halogens is 1. The summed E-state index contributed by atoms with van der Waals surface area (Å²) in [5.41, 5.74) is 2.27. The van der Waals surface area contributed by atoms with E-state index in [1.807, 2.05) is 42.5 Å². The number of hydrogen-bond donors (Lipinski definition) is 2. The van der Waals surface area contributed by atoms with Crippen molar-refractivity contribution in [2.45, 2.75) is 25.4 Å². The lowest BCUT2D eigenvalue weighted by atomic mass is 10.0. The predicted octanol–water partition coefficient (Wildman–Crippen LogP) is 3.59. The molecule has 2 aromatic rings. The number of benzene rings is 2. The Labute approximate surface area is 125 Å². The highest BCUT2D eigenvalue weighted by Crippen LogP contribution is 2.22. The summed E-state index contributed by atoms with van der Waals surface area (Å²) in [6.07, 6.45) is 0.798. The number of rotatable bonds is 6. The van der Waals surface area contributed by atoms with E-state index in [-0.39, 0.29) is 18.7 Å². The molecule has 0 aliphatic heterocycles. The SMILES string of the molecule is CC(NC(CO)Cc1ccccc1)c1ccccc1Cl. The zero-order valence-electron chi connectivity index (χ0n) is 11.6. The maximum atomic E-state index is 9.56. The number of hydrogen-bond acceptors (Lipinski definition) is 2. The predicted molar refractivity (Wildman–Crippen MR) is 84.0 cm³/mol. The van der Waals surface area contributed by atoms with E-state index in [0.29, 0.717) is 0 Å². The molecule has 2 unspecified atom stereocenters. The largest absolute Gasteiger partial charge is 0.395 e. The minimum atomic E-state index is 0.0173. The van der Waals surface area contributed by atoms with Gasteiger partial charge in [-0.2, -0.15) is 0 Å². The summed E-state index contributed by atoms with van der Waals surface area (Å²) in [7, 11) is 0. The Morgan fingerprint density at radius 2 is 1.70 bits per heavy atom. The standard InChI is InChI=1S/C17H20ClNO/c1-13(16-9-5-6-10-17(16)18)19-15(12-20)11-14-7-3-2-4-8-14/h2-10,13,15,19-20H,11-12H2,1H3. The van der Waals surface area contributed by atoms with E-state index >= 15 is 0 Å². The van der Waals surface area contributed by atoms with Gasteiger partial charge in [0.1, 0.15) is 0 Å². The number of aliphatic hydroxyl groups is 1. The summed E-state index contributed by atoms with van der Waals surface area (Å²) in [6.45, 7) is 2.17. The Kier molecular flexibility index (Phi) is 5.60. The van der Waals surface area contributed by atoms with E-state index in [2.05, 4.69) is 24.4 Å². The molecular formula is C17H20ClNO. The normalized spacial score (nSPS) is 13.9. The fourth-order valence-electron chi connectivity index (χ4n) is 2.34. The molecule has 106 valence electrons. The highest BCUT2D eigenvalue weighted by Gasteiger charge is 2.15. The molecular weight excluding hydrogens is 270 g/mol. The highest BCUT2D eigenvalue weighted by atomic mass is 35.5. The van der Waals surface area contributed by atoms with Crippen LogP contribution in [0, 0.1) is 0 Å². The van der Waals surface area contributed by atoms with Gasteiger partial charge in [0, 0.05) is 17.1 Å². The van der Waals surface area contributed by atoms with Gasteiger partial charge in [0.2, 0.25) is 0 Å². The lowest BCUT2D eigenvalue weighted by Crippen LogP contribution is -2.36. The van der Waals surface area contributed by atoms with Gasteiger partial charge in [-0.25, -0.2) is 0 Å². The molecule has 2 rings (SSSR count). The molecule has 0 aliphatic rings. The highest BCUT2D eigenvalue weighted by molar-refractivity contribution is 6.31. The Hall–Kier alpha value is -1.35. The molecule has 0 spiro atoms. The second kappa shape index (κ2) is 7.44. The first-order chi connectivity index (χ1) is 9.70. The second-order valence-corrected chi connectivity index (χ2v) is 5.39. The van der Waals surface area contributed by atoms with Crippen LogP contribution in [0.25, 0.3) is 0 Å². The van der Waals surface area contributed by atoms with Crippen LogP contribution in [0.1, 0.15) is 24.1 Å². The zero-order valence-corrected chi connectivity index (χ0v) is 12.3. The van der Waals surface area contributed by atoms with Gasteiger partial charge in [-0.1, -0.05) is 60.1 Å². The van der Waals surface area contributed by atoms with Gasteiger partial charge in [-0.05, 0) is 30.5 Å². The van der Waals surface area contributed by atoms with Crippen molar-refractivity contribution in [2.24, 2.45) is 0 Å². The van der Waals surface area contributed by atoms with E-state index in [9.17, 15) is 5.11 Å². The lowest BCUT2D eigenvalue weighted by molar-refractivity contribution is 0.232. The first-order valence-electron chi connectivity index (χ1n) is 6.86. The maximum absolute atomic E-state index is 9.56. The molecule has 2 atom stereocenters. The quantitative estimate of drug-likeness (QED) is 0.852. The van der Waals surface area contributed by atoms with Crippen molar-refractivity contribution in [3.05, 3.63) is 70.7 Å². The van der Waals surface area contributed by atoms with Crippen molar-refractivity contribution < 1.29 is 5.11 Å². The smallest absolute Gasteiger partial charge is 0.0588 e. The number of nitrogens with one attached hydrogen (secondary N) is 1. The molecule has 0 amide bonds. The molecule has 0 radical (unpaired) electrons. The minimum Gasteiger partial charge on any atom is -0.395 e. The van der Waals surface area contributed by atoms with E-state index in [4.69, 9.17) is 11.6 Å².